The number of amides is 2. The molecule has 5 heteroatoms. The summed E-state index contributed by atoms with van der Waals surface area (Å²) >= 11 is 5.35. The number of carbonyl (C=O) groups is 3. The number of hydrogen-bond donors (Lipinski definition) is 0. The van der Waals surface area contributed by atoms with Crippen molar-refractivity contribution in [3.63, 3.8) is 0 Å². The van der Waals surface area contributed by atoms with Crippen molar-refractivity contribution < 1.29 is 14.4 Å². The van der Waals surface area contributed by atoms with E-state index in [0.29, 0.717) is 17.6 Å². The van der Waals surface area contributed by atoms with Gasteiger partial charge in [-0.15, -0.1) is 0 Å². The molecule has 1 atom stereocenters. The molecule has 0 aromatic carbocycles. The van der Waals surface area contributed by atoms with Gasteiger partial charge in [0, 0.05) is 11.1 Å². The maximum Gasteiger partial charge on any atom is 0.257 e. The fourth-order valence-corrected chi connectivity index (χ4v) is 1.75. The van der Waals surface area contributed by atoms with E-state index in [2.05, 4.69) is 0 Å². The summed E-state index contributed by atoms with van der Waals surface area (Å²) < 4.78 is 0. The summed E-state index contributed by atoms with van der Waals surface area (Å²) in [7, 11) is 0. The van der Waals surface area contributed by atoms with Crippen molar-refractivity contribution in [2.24, 2.45) is 0 Å². The molecule has 0 radical (unpaired) electrons. The fourth-order valence-electron chi connectivity index (χ4n) is 1.50. The van der Waals surface area contributed by atoms with Gasteiger partial charge in [0.2, 0.25) is 5.24 Å². The lowest BCUT2D eigenvalue weighted by atomic mass is 10.2. The molecule has 82 valence electrons. The first-order chi connectivity index (χ1) is 6.91. The van der Waals surface area contributed by atoms with Gasteiger partial charge in [0.25, 0.3) is 11.8 Å². The minimum Gasteiger partial charge on any atom is -0.279 e. The largest absolute Gasteiger partial charge is 0.279 e. The van der Waals surface area contributed by atoms with Gasteiger partial charge < -0.3 is 0 Å². The second kappa shape index (κ2) is 4.14. The van der Waals surface area contributed by atoms with Gasteiger partial charge in [0.05, 0.1) is 0 Å². The van der Waals surface area contributed by atoms with E-state index in [4.69, 9.17) is 11.6 Å². The summed E-state index contributed by atoms with van der Waals surface area (Å²) in [5, 5.41) is -0.679. The topological polar surface area (TPSA) is 54.5 Å². The van der Waals surface area contributed by atoms with Gasteiger partial charge in [-0.1, -0.05) is 6.92 Å². The highest BCUT2D eigenvalue weighted by molar-refractivity contribution is 6.65. The first-order valence-corrected chi connectivity index (χ1v) is 5.04. The quantitative estimate of drug-likeness (QED) is 0.540. The molecule has 0 saturated carbocycles. The Morgan fingerprint density at radius 2 is 1.67 bits per heavy atom. The normalized spacial score (nSPS) is 18.8. The number of rotatable bonds is 3. The molecule has 0 spiro atoms. The van der Waals surface area contributed by atoms with Crippen molar-refractivity contribution in [1.29, 1.82) is 0 Å². The van der Waals surface area contributed by atoms with Crippen LogP contribution in [0.25, 0.3) is 0 Å². The van der Waals surface area contributed by atoms with Crippen molar-refractivity contribution in [2.75, 3.05) is 0 Å². The molecule has 4 nitrogen and oxygen atoms in total. The number of imide groups is 1. The second-order valence-electron chi connectivity index (χ2n) is 3.46. The highest BCUT2D eigenvalue weighted by Crippen LogP contribution is 2.24. The Hall–Kier alpha value is -1.16. The Labute approximate surface area is 92.9 Å². The van der Waals surface area contributed by atoms with E-state index in [1.807, 2.05) is 0 Å². The van der Waals surface area contributed by atoms with Gasteiger partial charge >= 0.3 is 0 Å². The molecule has 1 heterocycles. The summed E-state index contributed by atoms with van der Waals surface area (Å²) in [4.78, 5) is 35.3. The Morgan fingerprint density at radius 1 is 1.27 bits per heavy atom. The predicted octanol–water partition coefficient (Wildman–Crippen LogP) is 1.24. The van der Waals surface area contributed by atoms with Crippen LogP contribution in [0.2, 0.25) is 0 Å². The monoisotopic (exact) mass is 229 g/mol. The number of halogens is 1. The first kappa shape index (κ1) is 11.9. The Bertz CT molecular complexity index is 349. The van der Waals surface area contributed by atoms with Crippen molar-refractivity contribution in [3.05, 3.63) is 11.1 Å². The van der Waals surface area contributed by atoms with E-state index in [1.165, 1.54) is 0 Å². The smallest absolute Gasteiger partial charge is 0.257 e. The average molecular weight is 230 g/mol. The molecule has 1 rings (SSSR count). The van der Waals surface area contributed by atoms with Crippen LogP contribution in [0.15, 0.2) is 11.1 Å². The van der Waals surface area contributed by atoms with Crippen LogP contribution in [0.4, 0.5) is 0 Å². The van der Waals surface area contributed by atoms with E-state index in [-0.39, 0.29) is 0 Å². The van der Waals surface area contributed by atoms with Gasteiger partial charge in [0.1, 0.15) is 6.04 Å². The van der Waals surface area contributed by atoms with Gasteiger partial charge in [-0.05, 0) is 31.9 Å². The summed E-state index contributed by atoms with van der Waals surface area (Å²) in [5.41, 5.74) is 0.771. The molecule has 2 amide bonds. The second-order valence-corrected chi connectivity index (χ2v) is 3.83. The molecule has 0 saturated heterocycles. The lowest BCUT2D eigenvalue weighted by Crippen LogP contribution is -2.43. The molecule has 0 aromatic heterocycles. The van der Waals surface area contributed by atoms with Crippen molar-refractivity contribution in [1.82, 2.24) is 4.90 Å². The molecule has 0 bridgehead atoms. The van der Waals surface area contributed by atoms with Crippen molar-refractivity contribution in [2.45, 2.75) is 33.2 Å². The molecule has 0 aliphatic carbocycles. The molecular formula is C10H12ClNO3. The zero-order chi connectivity index (χ0) is 11.7. The fraction of sp³-hybridized carbons (Fsp3) is 0.500. The molecule has 1 unspecified atom stereocenters. The van der Waals surface area contributed by atoms with Crippen molar-refractivity contribution >= 4 is 28.7 Å². The van der Waals surface area contributed by atoms with Crippen LogP contribution in [0, 0.1) is 0 Å². The average Bonchev–Trinajstić information content (AvgIpc) is 2.36. The maximum absolute atomic E-state index is 11.7. The summed E-state index contributed by atoms with van der Waals surface area (Å²) in [6.45, 7) is 4.84. The van der Waals surface area contributed by atoms with E-state index in [9.17, 15) is 14.4 Å². The van der Waals surface area contributed by atoms with Crippen LogP contribution in [0.1, 0.15) is 27.2 Å². The van der Waals surface area contributed by atoms with Crippen LogP contribution in [-0.2, 0) is 14.4 Å². The minimum atomic E-state index is -0.848. The van der Waals surface area contributed by atoms with E-state index < -0.39 is 23.1 Å². The zero-order valence-corrected chi connectivity index (χ0v) is 9.59. The third-order valence-electron chi connectivity index (χ3n) is 2.60. The summed E-state index contributed by atoms with van der Waals surface area (Å²) in [5.74, 6) is -0.836. The third-order valence-corrected chi connectivity index (χ3v) is 2.85. The van der Waals surface area contributed by atoms with E-state index >= 15 is 0 Å². The summed E-state index contributed by atoms with van der Waals surface area (Å²) in [6.07, 6.45) is 0.334. The molecule has 1 aliphatic rings. The predicted molar refractivity (Wildman–Crippen MR) is 55.2 cm³/mol. The van der Waals surface area contributed by atoms with Crippen LogP contribution in [0.3, 0.4) is 0 Å². The highest BCUT2D eigenvalue weighted by Gasteiger charge is 2.39. The van der Waals surface area contributed by atoms with Crippen LogP contribution >= 0.6 is 11.6 Å². The standard InChI is InChI=1S/C10H12ClNO3/c1-4-7(8(11)13)12-9(14)5(2)6(3)10(12)15/h7H,4H2,1-3H3. The van der Waals surface area contributed by atoms with Crippen LogP contribution in [0.5, 0.6) is 0 Å². The lowest BCUT2D eigenvalue weighted by molar-refractivity contribution is -0.143. The Kier molecular flexibility index (Phi) is 3.29. The van der Waals surface area contributed by atoms with Crippen LogP contribution < -0.4 is 0 Å². The lowest BCUT2D eigenvalue weighted by Gasteiger charge is -2.21. The third kappa shape index (κ3) is 1.81. The first-order valence-electron chi connectivity index (χ1n) is 4.66. The van der Waals surface area contributed by atoms with Gasteiger partial charge in [-0.3, -0.25) is 19.3 Å². The highest BCUT2D eigenvalue weighted by atomic mass is 35.5. The van der Waals surface area contributed by atoms with E-state index in [0.717, 1.165) is 4.90 Å². The molecule has 0 N–H and O–H groups in total. The van der Waals surface area contributed by atoms with Crippen molar-refractivity contribution in [3.8, 4) is 0 Å². The van der Waals surface area contributed by atoms with E-state index in [1.54, 1.807) is 20.8 Å². The SMILES string of the molecule is CCC(C(=O)Cl)N1C(=O)C(C)=C(C)C1=O. The molecular weight excluding hydrogens is 218 g/mol. The maximum atomic E-state index is 11.7. The molecule has 15 heavy (non-hydrogen) atoms. The number of carbonyl (C=O) groups excluding carboxylic acids is 3. The minimum absolute atomic E-state index is 0.334. The van der Waals surface area contributed by atoms with Gasteiger partial charge in [0.15, 0.2) is 0 Å². The Morgan fingerprint density at radius 3 is 1.93 bits per heavy atom. The Balaban J connectivity index is 3.06. The number of nitrogens with zero attached hydrogens (tertiary/aromatic N) is 1. The zero-order valence-electron chi connectivity index (χ0n) is 8.83. The summed E-state index contributed by atoms with van der Waals surface area (Å²) in [6, 6.07) is -0.848. The molecule has 1 aliphatic heterocycles. The molecule has 0 aromatic rings. The van der Waals surface area contributed by atoms with Crippen LogP contribution in [-0.4, -0.2) is 28.0 Å². The molecule has 0 fully saturated rings. The van der Waals surface area contributed by atoms with Gasteiger partial charge in [-0.2, -0.15) is 0 Å². The number of hydrogen-bond acceptors (Lipinski definition) is 3. The van der Waals surface area contributed by atoms with Gasteiger partial charge in [-0.25, -0.2) is 0 Å².